The van der Waals surface area contributed by atoms with Crippen LogP contribution in [0.25, 0.3) is 0 Å². The first-order chi connectivity index (χ1) is 15.5. The van der Waals surface area contributed by atoms with Gasteiger partial charge in [-0.2, -0.15) is 0 Å². The standard InChI is InChI=1S/C24H46N2O5S/c1-20(28)31-17-15-13-11-9-7-5-3-2-4-6-8-10-12-14-16-25-24(32)26-18-22(29)23(30)21(26)19-27/h21-23,27,29-30H,2-19H2,1H3,(H,25,32)/t21-,22-,23-/m1/s1. The quantitative estimate of drug-likeness (QED) is 0.136. The fraction of sp³-hybridized carbons (Fsp3) is 0.917. The van der Waals surface area contributed by atoms with Crippen LogP contribution in [0.5, 0.6) is 0 Å². The molecular formula is C24H46N2O5S. The van der Waals surface area contributed by atoms with Gasteiger partial charge in [0.15, 0.2) is 5.11 Å². The predicted molar refractivity (Wildman–Crippen MR) is 131 cm³/mol. The SMILES string of the molecule is CC(=O)OCCCCCCCCCCCCCCCCNC(=S)N1C[C@@H](O)[C@H](O)[C@H]1CO. The van der Waals surface area contributed by atoms with Crippen molar-refractivity contribution < 1.29 is 24.9 Å². The number of nitrogens with zero attached hydrogens (tertiary/aromatic N) is 1. The molecule has 0 unspecified atom stereocenters. The van der Waals surface area contributed by atoms with E-state index in [-0.39, 0.29) is 19.1 Å². The second-order valence-electron chi connectivity index (χ2n) is 8.98. The smallest absolute Gasteiger partial charge is 0.302 e. The number of carbonyl (C=O) groups is 1. The highest BCUT2D eigenvalue weighted by atomic mass is 32.1. The number of ether oxygens (including phenoxy) is 1. The molecule has 8 heteroatoms. The molecule has 1 aliphatic heterocycles. The fourth-order valence-corrected chi connectivity index (χ4v) is 4.50. The average Bonchev–Trinajstić information content (AvgIpc) is 3.06. The Morgan fingerprint density at radius 3 is 1.84 bits per heavy atom. The minimum atomic E-state index is -0.954. The third-order valence-electron chi connectivity index (χ3n) is 6.17. The number of rotatable bonds is 18. The molecule has 0 aromatic rings. The molecule has 1 aliphatic rings. The number of nitrogens with one attached hydrogen (secondary N) is 1. The molecule has 0 aliphatic carbocycles. The number of carbonyl (C=O) groups excluding carboxylic acids is 1. The van der Waals surface area contributed by atoms with Gasteiger partial charge in [-0.25, -0.2) is 0 Å². The number of aliphatic hydroxyl groups is 3. The van der Waals surface area contributed by atoms with Gasteiger partial charge in [-0.05, 0) is 25.1 Å². The van der Waals surface area contributed by atoms with E-state index in [1.807, 2.05) is 0 Å². The molecule has 1 heterocycles. The highest BCUT2D eigenvalue weighted by molar-refractivity contribution is 7.80. The summed E-state index contributed by atoms with van der Waals surface area (Å²) >= 11 is 5.35. The zero-order chi connectivity index (χ0) is 23.6. The summed E-state index contributed by atoms with van der Waals surface area (Å²) in [5.41, 5.74) is 0. The van der Waals surface area contributed by atoms with Gasteiger partial charge in [0.05, 0.1) is 25.4 Å². The Balaban J connectivity index is 1.82. The summed E-state index contributed by atoms with van der Waals surface area (Å²) in [7, 11) is 0. The van der Waals surface area contributed by atoms with Gasteiger partial charge in [0.25, 0.3) is 0 Å². The summed E-state index contributed by atoms with van der Waals surface area (Å²) in [5.74, 6) is -0.179. The zero-order valence-electron chi connectivity index (χ0n) is 20.0. The molecule has 0 aromatic carbocycles. The van der Waals surface area contributed by atoms with Gasteiger partial charge in [0.1, 0.15) is 6.10 Å². The summed E-state index contributed by atoms with van der Waals surface area (Å²) in [6.07, 6.45) is 15.5. The van der Waals surface area contributed by atoms with Gasteiger partial charge in [-0.1, -0.05) is 77.0 Å². The van der Waals surface area contributed by atoms with Crippen LogP contribution in [0.2, 0.25) is 0 Å². The van der Waals surface area contributed by atoms with Crippen LogP contribution < -0.4 is 5.32 Å². The Bertz CT molecular complexity index is 509. The maximum Gasteiger partial charge on any atom is 0.302 e. The van der Waals surface area contributed by atoms with Gasteiger partial charge in [-0.3, -0.25) is 4.79 Å². The molecule has 0 bridgehead atoms. The first kappa shape index (κ1) is 29.1. The summed E-state index contributed by atoms with van der Waals surface area (Å²) in [6, 6.07) is -0.524. The van der Waals surface area contributed by atoms with E-state index in [1.54, 1.807) is 4.90 Å². The number of likely N-dealkylation sites (tertiary alicyclic amines) is 1. The van der Waals surface area contributed by atoms with Gasteiger partial charge >= 0.3 is 5.97 Å². The van der Waals surface area contributed by atoms with E-state index < -0.39 is 18.2 Å². The van der Waals surface area contributed by atoms with Crippen molar-refractivity contribution in [1.29, 1.82) is 0 Å². The summed E-state index contributed by atoms with van der Waals surface area (Å²) in [4.78, 5) is 12.3. The molecule has 0 saturated carbocycles. The number of aliphatic hydroxyl groups excluding tert-OH is 3. The Kier molecular flexibility index (Phi) is 16.8. The van der Waals surface area contributed by atoms with E-state index in [0.717, 1.165) is 25.8 Å². The highest BCUT2D eigenvalue weighted by Gasteiger charge is 2.40. The fourth-order valence-electron chi connectivity index (χ4n) is 4.19. The van der Waals surface area contributed by atoms with Gasteiger partial charge in [0.2, 0.25) is 0 Å². The molecule has 0 spiro atoms. The summed E-state index contributed by atoms with van der Waals surface area (Å²) in [5, 5.41) is 32.7. The molecule has 3 atom stereocenters. The number of esters is 1. The average molecular weight is 475 g/mol. The molecule has 4 N–H and O–H groups in total. The lowest BCUT2D eigenvalue weighted by atomic mass is 10.0. The molecule has 32 heavy (non-hydrogen) atoms. The number of hydrogen-bond donors (Lipinski definition) is 4. The molecule has 1 saturated heterocycles. The zero-order valence-corrected chi connectivity index (χ0v) is 20.8. The van der Waals surface area contributed by atoms with Crippen molar-refractivity contribution in [3.8, 4) is 0 Å². The molecule has 0 radical (unpaired) electrons. The van der Waals surface area contributed by atoms with Crippen molar-refractivity contribution in [2.24, 2.45) is 0 Å². The number of β-amino-alcohol motifs (C(OH)–C–C–N with tert-alkyl or cyclic N) is 1. The Labute approximate surface area is 199 Å². The van der Waals surface area contributed by atoms with Crippen LogP contribution in [-0.2, 0) is 9.53 Å². The number of thiocarbonyl (C=S) groups is 1. The lowest BCUT2D eigenvalue weighted by molar-refractivity contribution is -0.141. The van der Waals surface area contributed by atoms with Crippen LogP contribution in [-0.4, -0.2) is 75.9 Å². The van der Waals surface area contributed by atoms with E-state index in [1.165, 1.54) is 77.6 Å². The van der Waals surface area contributed by atoms with Crippen LogP contribution in [0.1, 0.15) is 96.8 Å². The molecule has 7 nitrogen and oxygen atoms in total. The second-order valence-corrected chi connectivity index (χ2v) is 9.37. The number of unbranched alkanes of at least 4 members (excludes halogenated alkanes) is 13. The Morgan fingerprint density at radius 2 is 1.38 bits per heavy atom. The maximum absolute atomic E-state index is 10.7. The van der Waals surface area contributed by atoms with Gasteiger partial charge in [0, 0.05) is 20.0 Å². The van der Waals surface area contributed by atoms with Crippen LogP contribution >= 0.6 is 12.2 Å². The molecule has 1 rings (SSSR count). The van der Waals surface area contributed by atoms with E-state index in [9.17, 15) is 20.1 Å². The second kappa shape index (κ2) is 18.5. The third kappa shape index (κ3) is 12.9. The predicted octanol–water partition coefficient (Wildman–Crippen LogP) is 3.28. The maximum atomic E-state index is 10.7. The summed E-state index contributed by atoms with van der Waals surface area (Å²) in [6.45, 7) is 2.85. The largest absolute Gasteiger partial charge is 0.466 e. The molecule has 0 amide bonds. The Morgan fingerprint density at radius 1 is 0.906 bits per heavy atom. The van der Waals surface area contributed by atoms with Crippen LogP contribution in [0.15, 0.2) is 0 Å². The lowest BCUT2D eigenvalue weighted by Crippen LogP contribution is -2.47. The molecule has 1 fully saturated rings. The van der Waals surface area contributed by atoms with Crippen molar-refractivity contribution in [3.63, 3.8) is 0 Å². The van der Waals surface area contributed by atoms with E-state index in [0.29, 0.717) is 11.7 Å². The Hall–Kier alpha value is -0.960. The van der Waals surface area contributed by atoms with E-state index >= 15 is 0 Å². The van der Waals surface area contributed by atoms with Crippen molar-refractivity contribution in [2.75, 3.05) is 26.3 Å². The topological polar surface area (TPSA) is 102 Å². The van der Waals surface area contributed by atoms with Crippen molar-refractivity contribution >= 4 is 23.3 Å². The molecule has 0 aromatic heterocycles. The normalized spacial score (nSPS) is 20.5. The first-order valence-electron chi connectivity index (χ1n) is 12.6. The van der Waals surface area contributed by atoms with E-state index in [4.69, 9.17) is 17.0 Å². The van der Waals surface area contributed by atoms with Crippen LogP contribution in [0, 0.1) is 0 Å². The lowest BCUT2D eigenvalue weighted by Gasteiger charge is -2.26. The minimum Gasteiger partial charge on any atom is -0.466 e. The van der Waals surface area contributed by atoms with E-state index in [2.05, 4.69) is 5.32 Å². The molecular weight excluding hydrogens is 428 g/mol. The van der Waals surface area contributed by atoms with Crippen LogP contribution in [0.3, 0.4) is 0 Å². The highest BCUT2D eigenvalue weighted by Crippen LogP contribution is 2.18. The summed E-state index contributed by atoms with van der Waals surface area (Å²) < 4.78 is 4.93. The number of hydrogen-bond acceptors (Lipinski definition) is 6. The van der Waals surface area contributed by atoms with Crippen molar-refractivity contribution in [1.82, 2.24) is 10.2 Å². The molecule has 188 valence electrons. The first-order valence-corrected chi connectivity index (χ1v) is 13.0. The third-order valence-corrected chi connectivity index (χ3v) is 6.55. The monoisotopic (exact) mass is 474 g/mol. The van der Waals surface area contributed by atoms with Crippen molar-refractivity contribution in [3.05, 3.63) is 0 Å². The van der Waals surface area contributed by atoms with Gasteiger partial charge in [-0.15, -0.1) is 0 Å². The van der Waals surface area contributed by atoms with Gasteiger partial charge < -0.3 is 30.3 Å². The van der Waals surface area contributed by atoms with Crippen LogP contribution in [0.4, 0.5) is 0 Å². The minimum absolute atomic E-state index is 0.179. The van der Waals surface area contributed by atoms with Crippen molar-refractivity contribution in [2.45, 2.75) is 115 Å².